The largest absolute Gasteiger partial charge is 0.369 e. The monoisotopic (exact) mass is 462 g/mol. The molecule has 3 rings (SSSR count). The van der Waals surface area contributed by atoms with Gasteiger partial charge in [-0.25, -0.2) is 5.01 Å². The molecule has 1 heterocycles. The first kappa shape index (κ1) is 22.9. The summed E-state index contributed by atoms with van der Waals surface area (Å²) in [5, 5.41) is 6.73. The zero-order chi connectivity index (χ0) is 22.6. The van der Waals surface area contributed by atoms with E-state index in [-0.39, 0.29) is 18.3 Å². The van der Waals surface area contributed by atoms with Gasteiger partial charge in [0.1, 0.15) is 0 Å². The molecule has 0 fully saturated rings. The third-order valence-corrected chi connectivity index (χ3v) is 6.34. The minimum atomic E-state index is -4.16. The predicted molar refractivity (Wildman–Crippen MR) is 121 cm³/mol. The van der Waals surface area contributed by atoms with E-state index in [9.17, 15) is 13.2 Å². The second kappa shape index (κ2) is 9.56. The molecule has 1 atom stereocenters. The van der Waals surface area contributed by atoms with Crippen molar-refractivity contribution in [2.45, 2.75) is 5.92 Å². The summed E-state index contributed by atoms with van der Waals surface area (Å²) in [4.78, 5) is 11.1. The lowest BCUT2D eigenvalue weighted by Gasteiger charge is -2.19. The van der Waals surface area contributed by atoms with Gasteiger partial charge in [-0.2, -0.15) is 17.8 Å². The van der Waals surface area contributed by atoms with Crippen LogP contribution in [-0.4, -0.2) is 61.9 Å². The van der Waals surface area contributed by atoms with Crippen molar-refractivity contribution in [3.05, 3.63) is 70.7 Å². The van der Waals surface area contributed by atoms with E-state index in [1.165, 1.54) is 12.1 Å². The number of halogens is 1. The summed E-state index contributed by atoms with van der Waals surface area (Å²) in [5.74, 6) is -0.865. The molecule has 0 saturated heterocycles. The molecule has 0 spiro atoms. The van der Waals surface area contributed by atoms with E-state index in [4.69, 9.17) is 23.1 Å². The Morgan fingerprint density at radius 2 is 1.87 bits per heavy atom. The maximum absolute atomic E-state index is 12.5. The Kier molecular flexibility index (Phi) is 7.06. The van der Waals surface area contributed by atoms with Crippen molar-refractivity contribution < 1.29 is 13.2 Å². The average molecular weight is 463 g/mol. The number of likely N-dealkylation sites (N-methyl/N-ethyl adjacent to an activating group) is 1. The first-order valence-corrected chi connectivity index (χ1v) is 11.2. The number of primary amides is 1. The van der Waals surface area contributed by atoms with Crippen LogP contribution < -0.4 is 11.5 Å². The molecule has 2 aromatic carbocycles. The van der Waals surface area contributed by atoms with Gasteiger partial charge in [-0.05, 0) is 23.3 Å². The Labute approximate surface area is 186 Å². The van der Waals surface area contributed by atoms with Crippen molar-refractivity contribution in [3.63, 3.8) is 0 Å². The lowest BCUT2D eigenvalue weighted by molar-refractivity contribution is -0.118. The van der Waals surface area contributed by atoms with Crippen LogP contribution in [0.4, 0.5) is 0 Å². The first-order chi connectivity index (χ1) is 14.7. The number of amides is 1. The Hall–Kier alpha value is -2.79. The lowest BCUT2D eigenvalue weighted by Crippen LogP contribution is -2.38. The van der Waals surface area contributed by atoms with Crippen LogP contribution in [0, 0.1) is 0 Å². The van der Waals surface area contributed by atoms with Crippen molar-refractivity contribution in [2.75, 3.05) is 26.7 Å². The topological polar surface area (TPSA) is 134 Å². The lowest BCUT2D eigenvalue weighted by atomic mass is 9.91. The molecule has 1 unspecified atom stereocenters. The Morgan fingerprint density at radius 3 is 2.45 bits per heavy atom. The number of nitrogens with zero attached hydrogens (tertiary/aromatic N) is 4. The Morgan fingerprint density at radius 1 is 1.23 bits per heavy atom. The van der Waals surface area contributed by atoms with Crippen molar-refractivity contribution >= 4 is 39.3 Å². The highest BCUT2D eigenvalue weighted by atomic mass is 35.5. The van der Waals surface area contributed by atoms with Gasteiger partial charge in [0.2, 0.25) is 5.91 Å². The summed E-state index contributed by atoms with van der Waals surface area (Å²) in [7, 11) is -2.94. The van der Waals surface area contributed by atoms with Gasteiger partial charge in [-0.1, -0.05) is 54.1 Å². The van der Waals surface area contributed by atoms with Gasteiger partial charge in [-0.3, -0.25) is 4.79 Å². The molecule has 1 aliphatic rings. The van der Waals surface area contributed by atoms with Crippen molar-refractivity contribution in [1.29, 1.82) is 0 Å². The highest BCUT2D eigenvalue weighted by Gasteiger charge is 2.32. The molecule has 1 amide bonds. The highest BCUT2D eigenvalue weighted by molar-refractivity contribution is 7.87. The Balaban J connectivity index is 2.00. The smallest absolute Gasteiger partial charge is 0.324 e. The third kappa shape index (κ3) is 5.47. The molecule has 0 radical (unpaired) electrons. The number of benzene rings is 2. The number of hydrogen-bond donors (Lipinski definition) is 2. The van der Waals surface area contributed by atoms with E-state index in [1.54, 1.807) is 12.1 Å². The van der Waals surface area contributed by atoms with Gasteiger partial charge in [0.25, 0.3) is 0 Å². The molecule has 0 aliphatic carbocycles. The van der Waals surface area contributed by atoms with Gasteiger partial charge in [0.05, 0.1) is 25.3 Å². The normalized spacial score (nSPS) is 17.2. The van der Waals surface area contributed by atoms with Crippen LogP contribution in [0.25, 0.3) is 0 Å². The Bertz CT molecular complexity index is 1100. The molecule has 31 heavy (non-hydrogen) atoms. The molecule has 2 aromatic rings. The predicted octanol–water partition coefficient (Wildman–Crippen LogP) is 1.16. The maximum Gasteiger partial charge on any atom is 0.324 e. The van der Waals surface area contributed by atoms with Crippen molar-refractivity contribution in [3.8, 4) is 0 Å². The summed E-state index contributed by atoms with van der Waals surface area (Å²) in [6, 6.07) is 17.0. The fourth-order valence-corrected chi connectivity index (χ4v) is 4.18. The fraction of sp³-hybridized carbons (Fsp3) is 0.250. The van der Waals surface area contributed by atoms with Crippen molar-refractivity contribution in [1.82, 2.24) is 9.31 Å². The number of carbonyl (C=O) groups is 1. The number of rotatable bonds is 7. The van der Waals surface area contributed by atoms with Crippen LogP contribution in [-0.2, 0) is 15.0 Å². The molecule has 1 aliphatic heterocycles. The van der Waals surface area contributed by atoms with E-state index in [0.29, 0.717) is 11.6 Å². The molecule has 0 saturated carbocycles. The second-order valence-corrected chi connectivity index (χ2v) is 9.09. The summed E-state index contributed by atoms with van der Waals surface area (Å²) < 4.78 is 29.6. The number of hydrazone groups is 1. The molecule has 9 nitrogen and oxygen atoms in total. The summed E-state index contributed by atoms with van der Waals surface area (Å²) in [5.41, 5.74) is 13.5. The molecule has 164 valence electrons. The molecule has 0 bridgehead atoms. The third-order valence-electron chi connectivity index (χ3n) is 4.73. The van der Waals surface area contributed by atoms with Crippen LogP contribution in [0.1, 0.15) is 17.0 Å². The van der Waals surface area contributed by atoms with Crippen LogP contribution >= 0.6 is 11.6 Å². The quantitative estimate of drug-likeness (QED) is 0.470. The van der Waals surface area contributed by atoms with Gasteiger partial charge >= 0.3 is 10.2 Å². The average Bonchev–Trinajstić information content (AvgIpc) is 3.18. The standard InChI is InChI=1S/C20H23ClN6O3S/c1-26(13-18(23)28)31(29,30)25-19(11-22)27-12-17(14-5-3-2-4-6-14)20(24-27)15-7-9-16(21)10-8-15/h2-10,17H,11-13,22H2,1H3,(H2,23,28). The molecular weight excluding hydrogens is 440 g/mol. The van der Waals surface area contributed by atoms with E-state index in [2.05, 4.69) is 9.50 Å². The first-order valence-electron chi connectivity index (χ1n) is 9.41. The van der Waals surface area contributed by atoms with Crippen LogP contribution in [0.5, 0.6) is 0 Å². The number of amidine groups is 1. The number of nitrogens with two attached hydrogens (primary N) is 2. The van der Waals surface area contributed by atoms with E-state index in [0.717, 1.165) is 21.1 Å². The minimum Gasteiger partial charge on any atom is -0.369 e. The van der Waals surface area contributed by atoms with Crippen LogP contribution in [0.2, 0.25) is 5.02 Å². The highest BCUT2D eigenvalue weighted by Crippen LogP contribution is 2.29. The zero-order valence-corrected chi connectivity index (χ0v) is 18.4. The number of carbonyl (C=O) groups excluding carboxylic acids is 1. The molecular formula is C20H23ClN6O3S. The number of hydrogen-bond acceptors (Lipinski definition) is 5. The van der Waals surface area contributed by atoms with Gasteiger partial charge in [-0.15, -0.1) is 4.40 Å². The second-order valence-electron chi connectivity index (χ2n) is 6.95. The summed E-state index contributed by atoms with van der Waals surface area (Å²) in [6.45, 7) is -0.300. The molecule has 4 N–H and O–H groups in total. The summed E-state index contributed by atoms with van der Waals surface area (Å²) >= 11 is 6.02. The summed E-state index contributed by atoms with van der Waals surface area (Å²) in [6.07, 6.45) is 0. The van der Waals surface area contributed by atoms with Crippen molar-refractivity contribution in [2.24, 2.45) is 21.0 Å². The van der Waals surface area contributed by atoms with Crippen LogP contribution in [0.3, 0.4) is 0 Å². The van der Waals surface area contributed by atoms with Gasteiger partial charge in [0, 0.05) is 18.0 Å². The zero-order valence-electron chi connectivity index (χ0n) is 16.8. The van der Waals surface area contributed by atoms with E-state index >= 15 is 0 Å². The van der Waals surface area contributed by atoms with Gasteiger partial charge in [0.15, 0.2) is 5.84 Å². The maximum atomic E-state index is 12.5. The van der Waals surface area contributed by atoms with E-state index < -0.39 is 22.7 Å². The minimum absolute atomic E-state index is 0.0567. The van der Waals surface area contributed by atoms with Gasteiger partial charge < -0.3 is 11.5 Å². The molecule has 11 heteroatoms. The van der Waals surface area contributed by atoms with Crippen LogP contribution in [0.15, 0.2) is 64.1 Å². The SMILES string of the molecule is CN(CC(N)=O)S(=O)(=O)N=C(CN)N1CC(c2ccccc2)C(c2ccc(Cl)cc2)=N1. The fourth-order valence-electron chi connectivity index (χ4n) is 3.18. The van der Waals surface area contributed by atoms with E-state index in [1.807, 2.05) is 42.5 Å². The molecule has 0 aromatic heterocycles.